The molecule has 9 heteroatoms. The number of nitrogens with zero attached hydrogens (tertiary/aromatic N) is 3. The Hall–Kier alpha value is -3.33. The molecule has 1 unspecified atom stereocenters. The van der Waals surface area contributed by atoms with Gasteiger partial charge in [0.15, 0.2) is 0 Å². The van der Waals surface area contributed by atoms with E-state index in [1.54, 1.807) is 43.8 Å². The van der Waals surface area contributed by atoms with Crippen molar-refractivity contribution in [2.45, 2.75) is 51.0 Å². The van der Waals surface area contributed by atoms with Gasteiger partial charge in [-0.25, -0.2) is 13.1 Å². The van der Waals surface area contributed by atoms with Crippen molar-refractivity contribution in [1.82, 2.24) is 14.3 Å². The average Bonchev–Trinajstić information content (AvgIpc) is 3.02. The molecule has 0 spiro atoms. The van der Waals surface area contributed by atoms with Crippen LogP contribution in [0.2, 0.25) is 0 Å². The van der Waals surface area contributed by atoms with Crippen molar-refractivity contribution in [3.05, 3.63) is 75.7 Å². The van der Waals surface area contributed by atoms with Crippen molar-refractivity contribution >= 4 is 21.6 Å². The van der Waals surface area contributed by atoms with Gasteiger partial charge in [-0.15, -0.1) is 0 Å². The molecule has 1 aliphatic rings. The highest BCUT2D eigenvalue weighted by Gasteiger charge is 2.28. The third kappa shape index (κ3) is 4.27. The number of sulfonamides is 1. The highest BCUT2D eigenvalue weighted by Crippen LogP contribution is 2.24. The SMILES string of the molecule is Cc1ccc(S(=O)(=O)Nc2c(C)n(C)n(-c3ccccc3)c2=O)cc1C(=O)N1CCCCC1C. The molecule has 0 saturated carbocycles. The molecule has 1 atom stereocenters. The number of carbonyl (C=O) groups excluding carboxylic acids is 1. The fraction of sp³-hybridized carbons (Fsp3) is 0.360. The van der Waals surface area contributed by atoms with Gasteiger partial charge in [0.25, 0.3) is 21.5 Å². The summed E-state index contributed by atoms with van der Waals surface area (Å²) in [4.78, 5) is 28.1. The van der Waals surface area contributed by atoms with E-state index >= 15 is 0 Å². The first kappa shape index (κ1) is 23.8. The van der Waals surface area contributed by atoms with Crippen molar-refractivity contribution < 1.29 is 13.2 Å². The Labute approximate surface area is 199 Å². The van der Waals surface area contributed by atoms with E-state index in [1.165, 1.54) is 16.8 Å². The largest absolute Gasteiger partial charge is 0.336 e. The van der Waals surface area contributed by atoms with Crippen molar-refractivity contribution in [3.63, 3.8) is 0 Å². The Morgan fingerprint density at radius 2 is 1.76 bits per heavy atom. The molecular formula is C25H30N4O4S. The van der Waals surface area contributed by atoms with Gasteiger partial charge in [0.1, 0.15) is 5.69 Å². The van der Waals surface area contributed by atoms with Gasteiger partial charge in [-0.3, -0.25) is 19.0 Å². The molecule has 180 valence electrons. The van der Waals surface area contributed by atoms with Gasteiger partial charge < -0.3 is 4.90 Å². The average molecular weight is 483 g/mol. The van der Waals surface area contributed by atoms with E-state index in [-0.39, 0.29) is 22.5 Å². The molecular weight excluding hydrogens is 452 g/mol. The van der Waals surface area contributed by atoms with E-state index in [1.807, 2.05) is 30.0 Å². The first-order valence-electron chi connectivity index (χ1n) is 11.4. The van der Waals surface area contributed by atoms with Crippen LogP contribution in [0.5, 0.6) is 0 Å². The lowest BCUT2D eigenvalue weighted by molar-refractivity contribution is 0.0634. The highest BCUT2D eigenvalue weighted by molar-refractivity contribution is 7.92. The molecule has 2 heterocycles. The monoisotopic (exact) mass is 482 g/mol. The number of amides is 1. The van der Waals surface area contributed by atoms with Crippen LogP contribution < -0.4 is 10.3 Å². The predicted octanol–water partition coefficient (Wildman–Crippen LogP) is 3.61. The number of rotatable bonds is 5. The number of nitrogens with one attached hydrogen (secondary N) is 1. The summed E-state index contributed by atoms with van der Waals surface area (Å²) in [6, 6.07) is 13.6. The Bertz CT molecular complexity index is 1390. The molecule has 1 fully saturated rings. The minimum absolute atomic E-state index is 0.0237. The first-order chi connectivity index (χ1) is 16.1. The molecule has 1 aromatic heterocycles. The fourth-order valence-electron chi connectivity index (χ4n) is 4.43. The van der Waals surface area contributed by atoms with Crippen molar-refractivity contribution in [3.8, 4) is 5.69 Å². The molecule has 1 amide bonds. The number of para-hydroxylation sites is 1. The maximum atomic E-state index is 13.3. The second-order valence-corrected chi connectivity index (χ2v) is 10.5. The lowest BCUT2D eigenvalue weighted by atomic mass is 10.0. The van der Waals surface area contributed by atoms with Gasteiger partial charge in [0.05, 0.1) is 16.3 Å². The molecule has 34 heavy (non-hydrogen) atoms. The third-order valence-corrected chi connectivity index (χ3v) is 7.95. The van der Waals surface area contributed by atoms with E-state index in [2.05, 4.69) is 4.72 Å². The standard InChI is InChI=1S/C25H30N4O4S/c1-17-13-14-21(16-22(17)24(30)28-15-9-8-10-18(28)2)34(32,33)26-23-19(3)27(4)29(25(23)31)20-11-6-5-7-12-20/h5-7,11-14,16,18,26H,8-10,15H2,1-4H3. The number of aromatic nitrogens is 2. The van der Waals surface area contributed by atoms with E-state index in [9.17, 15) is 18.0 Å². The Morgan fingerprint density at radius 3 is 2.44 bits per heavy atom. The molecule has 4 rings (SSSR count). The summed E-state index contributed by atoms with van der Waals surface area (Å²) >= 11 is 0. The normalized spacial score (nSPS) is 16.5. The molecule has 3 aromatic rings. The van der Waals surface area contributed by atoms with Crippen LogP contribution >= 0.6 is 0 Å². The zero-order chi connectivity index (χ0) is 24.6. The van der Waals surface area contributed by atoms with E-state index < -0.39 is 15.6 Å². The van der Waals surface area contributed by atoms with Crippen LogP contribution in [0.3, 0.4) is 0 Å². The van der Waals surface area contributed by atoms with Gasteiger partial charge in [-0.1, -0.05) is 24.3 Å². The first-order valence-corrected chi connectivity index (χ1v) is 12.9. The number of aryl methyl sites for hydroxylation is 1. The van der Waals surface area contributed by atoms with Crippen LogP contribution in [0.1, 0.15) is 47.8 Å². The van der Waals surface area contributed by atoms with E-state index in [0.29, 0.717) is 29.1 Å². The topological polar surface area (TPSA) is 93.4 Å². The molecule has 1 aliphatic heterocycles. The number of benzene rings is 2. The van der Waals surface area contributed by atoms with E-state index in [0.717, 1.165) is 19.3 Å². The zero-order valence-corrected chi connectivity index (χ0v) is 20.7. The van der Waals surface area contributed by atoms with Crippen molar-refractivity contribution in [1.29, 1.82) is 0 Å². The molecule has 0 bridgehead atoms. The van der Waals surface area contributed by atoms with E-state index in [4.69, 9.17) is 0 Å². The van der Waals surface area contributed by atoms with Crippen molar-refractivity contribution in [2.75, 3.05) is 11.3 Å². The summed E-state index contributed by atoms with van der Waals surface area (Å²) in [7, 11) is -2.41. The van der Waals surface area contributed by atoms with Gasteiger partial charge in [-0.2, -0.15) is 0 Å². The lowest BCUT2D eigenvalue weighted by Gasteiger charge is -2.34. The number of hydrogen-bond acceptors (Lipinski definition) is 4. The Balaban J connectivity index is 1.70. The van der Waals surface area contributed by atoms with Gasteiger partial charge in [-0.05, 0) is 69.9 Å². The van der Waals surface area contributed by atoms with Crippen molar-refractivity contribution in [2.24, 2.45) is 7.05 Å². The number of hydrogen-bond donors (Lipinski definition) is 1. The quantitative estimate of drug-likeness (QED) is 0.601. The second-order valence-electron chi connectivity index (χ2n) is 8.86. The summed E-state index contributed by atoms with van der Waals surface area (Å²) in [5.41, 5.74) is 1.68. The second kappa shape index (κ2) is 9.13. The molecule has 0 aliphatic carbocycles. The number of piperidine rings is 1. The molecule has 2 aromatic carbocycles. The highest BCUT2D eigenvalue weighted by atomic mass is 32.2. The van der Waals surface area contributed by atoms with Gasteiger partial charge >= 0.3 is 0 Å². The van der Waals surface area contributed by atoms with Crippen LogP contribution in [0.25, 0.3) is 5.69 Å². The maximum absolute atomic E-state index is 13.3. The third-order valence-electron chi connectivity index (χ3n) is 6.60. The fourth-order valence-corrected chi connectivity index (χ4v) is 5.57. The summed E-state index contributed by atoms with van der Waals surface area (Å²) in [6.07, 6.45) is 2.96. The summed E-state index contributed by atoms with van der Waals surface area (Å²) < 4.78 is 32.1. The van der Waals surface area contributed by atoms with Gasteiger partial charge in [0, 0.05) is 25.2 Å². The molecule has 1 saturated heterocycles. The van der Waals surface area contributed by atoms with Crippen LogP contribution in [0, 0.1) is 13.8 Å². The maximum Gasteiger partial charge on any atom is 0.296 e. The minimum Gasteiger partial charge on any atom is -0.336 e. The minimum atomic E-state index is -4.11. The number of anilines is 1. The van der Waals surface area contributed by atoms with Crippen LogP contribution in [-0.2, 0) is 17.1 Å². The number of carbonyl (C=O) groups is 1. The molecule has 1 N–H and O–H groups in total. The summed E-state index contributed by atoms with van der Waals surface area (Å²) in [5, 5.41) is 0. The van der Waals surface area contributed by atoms with Gasteiger partial charge in [0.2, 0.25) is 0 Å². The predicted molar refractivity (Wildman–Crippen MR) is 132 cm³/mol. The van der Waals surface area contributed by atoms with Crippen LogP contribution in [0.4, 0.5) is 5.69 Å². The Morgan fingerprint density at radius 1 is 1.06 bits per heavy atom. The summed E-state index contributed by atoms with van der Waals surface area (Å²) in [5.74, 6) is -0.163. The zero-order valence-electron chi connectivity index (χ0n) is 19.9. The lowest BCUT2D eigenvalue weighted by Crippen LogP contribution is -2.42. The summed E-state index contributed by atoms with van der Waals surface area (Å²) in [6.45, 7) is 6.16. The number of likely N-dealkylation sites (tertiary alicyclic amines) is 1. The smallest absolute Gasteiger partial charge is 0.296 e. The Kier molecular flexibility index (Phi) is 6.40. The molecule has 0 radical (unpaired) electrons. The molecule has 8 nitrogen and oxygen atoms in total. The van der Waals surface area contributed by atoms with Crippen LogP contribution in [0.15, 0.2) is 58.2 Å². The van der Waals surface area contributed by atoms with Crippen LogP contribution in [-0.4, -0.2) is 41.2 Å².